The Morgan fingerprint density at radius 2 is 1.58 bits per heavy atom. The predicted molar refractivity (Wildman–Crippen MR) is 119 cm³/mol. The lowest BCUT2D eigenvalue weighted by Gasteiger charge is -2.12. The molecule has 0 amide bonds. The van der Waals surface area contributed by atoms with Gasteiger partial charge in [-0.3, -0.25) is 0 Å². The molecule has 6 heteroatoms. The molecule has 0 saturated heterocycles. The number of carbonyl (C=O) groups excluding carboxylic acids is 2. The maximum absolute atomic E-state index is 13.0. The molecule has 158 valence electrons. The van der Waals surface area contributed by atoms with Crippen LogP contribution in [-0.4, -0.2) is 30.2 Å². The number of nitrogens with zero attached hydrogens (tertiary/aromatic N) is 1. The molecule has 3 aromatic carbocycles. The molecule has 0 radical (unpaired) electrons. The number of carbonyl (C=O) groups is 2. The van der Waals surface area contributed by atoms with E-state index >= 15 is 0 Å². The minimum Gasteiger partial charge on any atom is -0.496 e. The standard InChI is InChI=1S/C25H23NO5/c1-5-30-25(28)22-15(2)26(3)23-17-11-7-6-10-16(17)21(14-19(22)23)31-24(27)18-12-8-9-13-20(18)29-4/h6-14H,5H2,1-4H3. The van der Waals surface area contributed by atoms with Crippen molar-refractivity contribution in [3.05, 3.63) is 71.4 Å². The first-order chi connectivity index (χ1) is 15.0. The normalized spacial score (nSPS) is 11.0. The second-order valence-corrected chi connectivity index (χ2v) is 7.15. The Balaban J connectivity index is 1.94. The molecule has 0 aliphatic heterocycles. The van der Waals surface area contributed by atoms with Crippen molar-refractivity contribution >= 4 is 33.6 Å². The highest BCUT2D eigenvalue weighted by atomic mass is 16.5. The molecular weight excluding hydrogens is 394 g/mol. The number of esters is 2. The molecule has 4 rings (SSSR count). The lowest BCUT2D eigenvalue weighted by Crippen LogP contribution is -2.10. The molecule has 1 aromatic heterocycles. The molecule has 0 aliphatic rings. The van der Waals surface area contributed by atoms with Crippen molar-refractivity contribution in [1.29, 1.82) is 0 Å². The zero-order valence-corrected chi connectivity index (χ0v) is 17.9. The zero-order chi connectivity index (χ0) is 22.1. The number of ether oxygens (including phenoxy) is 3. The third kappa shape index (κ3) is 3.40. The lowest BCUT2D eigenvalue weighted by molar-refractivity contribution is 0.0527. The van der Waals surface area contributed by atoms with E-state index in [2.05, 4.69) is 0 Å². The Hall–Kier alpha value is -3.80. The van der Waals surface area contributed by atoms with Gasteiger partial charge in [0, 0.05) is 28.9 Å². The molecule has 4 aromatic rings. The van der Waals surface area contributed by atoms with Gasteiger partial charge in [0.1, 0.15) is 17.1 Å². The van der Waals surface area contributed by atoms with Crippen LogP contribution in [0.5, 0.6) is 11.5 Å². The third-order valence-electron chi connectivity index (χ3n) is 5.46. The number of methoxy groups -OCH3 is 1. The summed E-state index contributed by atoms with van der Waals surface area (Å²) in [6.45, 7) is 3.92. The smallest absolute Gasteiger partial charge is 0.347 e. The molecule has 0 aliphatic carbocycles. The van der Waals surface area contributed by atoms with Gasteiger partial charge in [0.2, 0.25) is 0 Å². The Morgan fingerprint density at radius 1 is 0.903 bits per heavy atom. The van der Waals surface area contributed by atoms with Crippen LogP contribution in [0.25, 0.3) is 21.7 Å². The number of benzene rings is 3. The van der Waals surface area contributed by atoms with Crippen LogP contribution in [0.4, 0.5) is 0 Å². The van der Waals surface area contributed by atoms with Gasteiger partial charge in [0.15, 0.2) is 0 Å². The summed E-state index contributed by atoms with van der Waals surface area (Å²) in [7, 11) is 3.42. The highest BCUT2D eigenvalue weighted by Gasteiger charge is 2.24. The Labute approximate surface area is 179 Å². The van der Waals surface area contributed by atoms with E-state index in [4.69, 9.17) is 14.2 Å². The molecule has 0 N–H and O–H groups in total. The van der Waals surface area contributed by atoms with Gasteiger partial charge in [-0.05, 0) is 32.0 Å². The third-order valence-corrected chi connectivity index (χ3v) is 5.46. The van der Waals surface area contributed by atoms with E-state index in [0.717, 1.165) is 22.0 Å². The van der Waals surface area contributed by atoms with Gasteiger partial charge in [-0.1, -0.05) is 36.4 Å². The maximum atomic E-state index is 13.0. The first-order valence-electron chi connectivity index (χ1n) is 10.0. The summed E-state index contributed by atoms with van der Waals surface area (Å²) in [5, 5.41) is 2.33. The summed E-state index contributed by atoms with van der Waals surface area (Å²) >= 11 is 0. The summed E-state index contributed by atoms with van der Waals surface area (Å²) in [6.07, 6.45) is 0. The van der Waals surface area contributed by atoms with Crippen LogP contribution in [-0.2, 0) is 11.8 Å². The van der Waals surface area contributed by atoms with Crippen molar-refractivity contribution in [3.63, 3.8) is 0 Å². The first-order valence-corrected chi connectivity index (χ1v) is 10.0. The van der Waals surface area contributed by atoms with Crippen LogP contribution in [0.15, 0.2) is 54.6 Å². The predicted octanol–water partition coefficient (Wildman–Crippen LogP) is 5.04. The molecule has 0 bridgehead atoms. The monoisotopic (exact) mass is 417 g/mol. The quantitative estimate of drug-likeness (QED) is 0.336. The fourth-order valence-corrected chi connectivity index (χ4v) is 3.92. The van der Waals surface area contributed by atoms with Gasteiger partial charge in [-0.15, -0.1) is 0 Å². The van der Waals surface area contributed by atoms with E-state index in [1.807, 2.05) is 42.8 Å². The Morgan fingerprint density at radius 3 is 2.29 bits per heavy atom. The second kappa shape index (κ2) is 8.14. The van der Waals surface area contributed by atoms with E-state index in [0.29, 0.717) is 28.0 Å². The Kier molecular flexibility index (Phi) is 5.38. The van der Waals surface area contributed by atoms with Gasteiger partial charge in [0.05, 0.1) is 24.8 Å². The second-order valence-electron chi connectivity index (χ2n) is 7.15. The molecule has 0 fully saturated rings. The first kappa shape index (κ1) is 20.5. The average molecular weight is 417 g/mol. The van der Waals surface area contributed by atoms with Gasteiger partial charge >= 0.3 is 11.9 Å². The summed E-state index contributed by atoms with van der Waals surface area (Å²) < 4.78 is 18.4. The molecular formula is C25H23NO5. The van der Waals surface area contributed by atoms with Crippen LogP contribution in [0.2, 0.25) is 0 Å². The average Bonchev–Trinajstić information content (AvgIpc) is 3.04. The summed E-state index contributed by atoms with van der Waals surface area (Å²) in [5.74, 6) is -0.133. The van der Waals surface area contributed by atoms with Crippen LogP contribution in [0, 0.1) is 6.92 Å². The van der Waals surface area contributed by atoms with Crippen molar-refractivity contribution in [2.24, 2.45) is 7.05 Å². The molecule has 0 spiro atoms. The highest BCUT2D eigenvalue weighted by molar-refractivity contribution is 6.16. The van der Waals surface area contributed by atoms with Gasteiger partial charge in [-0.2, -0.15) is 0 Å². The number of hydrogen-bond acceptors (Lipinski definition) is 5. The number of rotatable bonds is 5. The minimum atomic E-state index is -0.535. The SMILES string of the molecule is CCOC(=O)c1c(C)n(C)c2c1cc(OC(=O)c1ccccc1OC)c1ccccc12. The van der Waals surface area contributed by atoms with Gasteiger partial charge in [-0.25, -0.2) is 9.59 Å². The molecule has 0 atom stereocenters. The maximum Gasteiger partial charge on any atom is 0.347 e. The fraction of sp³-hybridized carbons (Fsp3) is 0.200. The van der Waals surface area contributed by atoms with E-state index in [1.165, 1.54) is 7.11 Å². The van der Waals surface area contributed by atoms with Crippen molar-refractivity contribution in [2.45, 2.75) is 13.8 Å². The molecule has 31 heavy (non-hydrogen) atoms. The van der Waals surface area contributed by atoms with Crippen molar-refractivity contribution in [3.8, 4) is 11.5 Å². The number of para-hydroxylation sites is 1. The van der Waals surface area contributed by atoms with Crippen molar-refractivity contribution < 1.29 is 23.8 Å². The van der Waals surface area contributed by atoms with Crippen molar-refractivity contribution in [1.82, 2.24) is 4.57 Å². The van der Waals surface area contributed by atoms with Crippen molar-refractivity contribution in [2.75, 3.05) is 13.7 Å². The van der Waals surface area contributed by atoms with Gasteiger partial charge in [0.25, 0.3) is 0 Å². The largest absolute Gasteiger partial charge is 0.496 e. The molecule has 6 nitrogen and oxygen atoms in total. The number of aryl methyl sites for hydroxylation is 1. The van der Waals surface area contributed by atoms with Gasteiger partial charge < -0.3 is 18.8 Å². The van der Waals surface area contributed by atoms with E-state index in [1.54, 1.807) is 37.3 Å². The molecule has 1 heterocycles. The molecule has 0 unspecified atom stereocenters. The highest BCUT2D eigenvalue weighted by Crippen LogP contribution is 2.38. The number of hydrogen-bond donors (Lipinski definition) is 0. The van der Waals surface area contributed by atoms with E-state index in [-0.39, 0.29) is 6.61 Å². The Bertz CT molecular complexity index is 1320. The summed E-state index contributed by atoms with van der Waals surface area (Å²) in [5.41, 5.74) is 2.46. The number of aromatic nitrogens is 1. The van der Waals surface area contributed by atoms with E-state index in [9.17, 15) is 9.59 Å². The van der Waals surface area contributed by atoms with Crippen LogP contribution >= 0.6 is 0 Å². The summed E-state index contributed by atoms with van der Waals surface area (Å²) in [4.78, 5) is 25.7. The van der Waals surface area contributed by atoms with Crippen LogP contribution in [0.1, 0.15) is 33.3 Å². The zero-order valence-electron chi connectivity index (χ0n) is 17.9. The topological polar surface area (TPSA) is 66.8 Å². The van der Waals surface area contributed by atoms with Crippen LogP contribution in [0.3, 0.4) is 0 Å². The minimum absolute atomic E-state index is 0.276. The molecule has 0 saturated carbocycles. The fourth-order valence-electron chi connectivity index (χ4n) is 3.92. The van der Waals surface area contributed by atoms with Crippen LogP contribution < -0.4 is 9.47 Å². The van der Waals surface area contributed by atoms with E-state index < -0.39 is 11.9 Å². The number of fused-ring (bicyclic) bond motifs is 3. The lowest BCUT2D eigenvalue weighted by atomic mass is 10.0. The summed E-state index contributed by atoms with van der Waals surface area (Å²) in [6, 6.07) is 16.3.